The first-order valence-electron chi connectivity index (χ1n) is 14.1. The van der Waals surface area contributed by atoms with Crippen molar-refractivity contribution in [3.05, 3.63) is 59.7 Å². The van der Waals surface area contributed by atoms with Gasteiger partial charge in [-0.3, -0.25) is 0 Å². The topological polar surface area (TPSA) is 42.2 Å². The van der Waals surface area contributed by atoms with Crippen LogP contribution in [0.15, 0.2) is 48.5 Å². The van der Waals surface area contributed by atoms with E-state index in [1.807, 2.05) is 24.3 Å². The third-order valence-electron chi connectivity index (χ3n) is 8.30. The van der Waals surface area contributed by atoms with E-state index in [2.05, 4.69) is 44.2 Å². The van der Waals surface area contributed by atoms with Gasteiger partial charge in [-0.1, -0.05) is 81.8 Å². The fourth-order valence-electron chi connectivity index (χ4n) is 5.88. The van der Waals surface area contributed by atoms with Gasteiger partial charge in [-0.05, 0) is 73.8 Å². The Kier molecular flexibility index (Phi) is 9.81. The molecule has 1 aliphatic carbocycles. The van der Waals surface area contributed by atoms with Crippen LogP contribution in [0.5, 0.6) is 0 Å². The molecule has 3 nitrogen and oxygen atoms in total. The molecule has 188 valence electrons. The van der Waals surface area contributed by atoms with E-state index in [-0.39, 0.29) is 6.29 Å². The molecule has 4 rings (SSSR count). The van der Waals surface area contributed by atoms with Crippen molar-refractivity contribution < 1.29 is 9.47 Å². The van der Waals surface area contributed by atoms with Crippen LogP contribution in [0.2, 0.25) is 0 Å². The van der Waals surface area contributed by atoms with Gasteiger partial charge in [0.25, 0.3) is 0 Å². The highest BCUT2D eigenvalue weighted by atomic mass is 16.7. The van der Waals surface area contributed by atoms with Crippen molar-refractivity contribution in [2.24, 2.45) is 11.8 Å². The lowest BCUT2D eigenvalue weighted by atomic mass is 9.78. The second kappa shape index (κ2) is 13.2. The van der Waals surface area contributed by atoms with Crippen LogP contribution >= 0.6 is 0 Å². The Balaban J connectivity index is 1.20. The first-order chi connectivity index (χ1) is 17.2. The van der Waals surface area contributed by atoms with Crippen LogP contribution in [-0.4, -0.2) is 19.0 Å². The summed E-state index contributed by atoms with van der Waals surface area (Å²) >= 11 is 0. The molecule has 2 aromatic carbocycles. The van der Waals surface area contributed by atoms with E-state index in [0.29, 0.717) is 29.4 Å². The second-order valence-corrected chi connectivity index (χ2v) is 10.8. The molecule has 3 atom stereocenters. The third-order valence-corrected chi connectivity index (χ3v) is 8.30. The largest absolute Gasteiger partial charge is 0.352 e. The molecule has 3 heteroatoms. The number of nitrogens with zero attached hydrogens (tertiary/aromatic N) is 1. The SMILES string of the molecule is CCCCCCCC[C@@H]1CO[C@@H](C2CCC(c3ccc(-c4ccc(C#N)cc4)cc3)CC2)O[C@H]1C. The second-order valence-electron chi connectivity index (χ2n) is 10.8. The summed E-state index contributed by atoms with van der Waals surface area (Å²) in [6, 6.07) is 19.1. The van der Waals surface area contributed by atoms with Gasteiger partial charge in [0.1, 0.15) is 0 Å². The maximum absolute atomic E-state index is 9.00. The monoisotopic (exact) mass is 473 g/mol. The van der Waals surface area contributed by atoms with Crippen molar-refractivity contribution in [3.63, 3.8) is 0 Å². The molecule has 0 radical (unpaired) electrons. The Morgan fingerprint density at radius 1 is 0.829 bits per heavy atom. The number of unbranched alkanes of at least 4 members (excludes halogenated alkanes) is 5. The predicted molar refractivity (Wildman–Crippen MR) is 143 cm³/mol. The molecule has 1 saturated heterocycles. The van der Waals surface area contributed by atoms with E-state index in [0.717, 1.165) is 12.2 Å². The maximum atomic E-state index is 9.00. The number of hydrogen-bond donors (Lipinski definition) is 0. The Hall–Kier alpha value is -2.15. The maximum Gasteiger partial charge on any atom is 0.160 e. The summed E-state index contributed by atoms with van der Waals surface area (Å²) in [4.78, 5) is 0. The number of rotatable bonds is 10. The number of ether oxygens (including phenoxy) is 2. The van der Waals surface area contributed by atoms with Gasteiger partial charge in [-0.15, -0.1) is 0 Å². The van der Waals surface area contributed by atoms with Crippen molar-refractivity contribution >= 4 is 0 Å². The number of nitriles is 1. The molecule has 0 aromatic heterocycles. The Labute approximate surface area is 212 Å². The van der Waals surface area contributed by atoms with Crippen LogP contribution in [0, 0.1) is 23.2 Å². The Bertz CT molecular complexity index is 922. The lowest BCUT2D eigenvalue weighted by Crippen LogP contribution is -2.42. The van der Waals surface area contributed by atoms with Gasteiger partial charge >= 0.3 is 0 Å². The standard InChI is InChI=1S/C32H43NO2/c1-3-4-5-6-7-8-9-31-23-34-32(35-24(31)2)30-20-18-29(19-21-30)28-16-14-27(15-17-28)26-12-10-25(22-33)11-13-26/h10-17,24,29-32H,3-9,18-21,23H2,1-2H3/t24-,29?,30?,31+,32+/m0/s1. The zero-order valence-corrected chi connectivity index (χ0v) is 21.8. The van der Waals surface area contributed by atoms with E-state index in [1.165, 1.54) is 81.8 Å². The van der Waals surface area contributed by atoms with E-state index in [1.54, 1.807) is 0 Å². The first-order valence-corrected chi connectivity index (χ1v) is 14.1. The van der Waals surface area contributed by atoms with Gasteiger partial charge < -0.3 is 9.47 Å². The molecule has 1 aliphatic heterocycles. The Morgan fingerprint density at radius 2 is 1.46 bits per heavy atom. The fourth-order valence-corrected chi connectivity index (χ4v) is 5.88. The van der Waals surface area contributed by atoms with Gasteiger partial charge in [-0.25, -0.2) is 0 Å². The summed E-state index contributed by atoms with van der Waals surface area (Å²) in [5, 5.41) is 9.00. The minimum Gasteiger partial charge on any atom is -0.352 e. The van der Waals surface area contributed by atoms with Crippen LogP contribution < -0.4 is 0 Å². The van der Waals surface area contributed by atoms with Crippen LogP contribution in [0.1, 0.15) is 102 Å². The van der Waals surface area contributed by atoms with Gasteiger partial charge in [-0.2, -0.15) is 5.26 Å². The predicted octanol–water partition coefficient (Wildman–Crippen LogP) is 8.63. The lowest BCUT2D eigenvalue weighted by Gasteiger charge is -2.40. The summed E-state index contributed by atoms with van der Waals surface area (Å²) in [5.41, 5.74) is 4.52. The molecular weight excluding hydrogens is 430 g/mol. The fraction of sp³-hybridized carbons (Fsp3) is 0.594. The molecule has 0 unspecified atom stereocenters. The van der Waals surface area contributed by atoms with Crippen LogP contribution in [-0.2, 0) is 9.47 Å². The molecule has 0 bridgehead atoms. The summed E-state index contributed by atoms with van der Waals surface area (Å²) in [7, 11) is 0. The molecule has 0 N–H and O–H groups in total. The Morgan fingerprint density at radius 3 is 2.09 bits per heavy atom. The average Bonchev–Trinajstić information content (AvgIpc) is 2.91. The minimum atomic E-state index is -0.00878. The quantitative estimate of drug-likeness (QED) is 0.324. The molecule has 1 heterocycles. The number of hydrogen-bond acceptors (Lipinski definition) is 3. The van der Waals surface area contributed by atoms with E-state index < -0.39 is 0 Å². The van der Waals surface area contributed by atoms with Crippen LogP contribution in [0.25, 0.3) is 11.1 Å². The van der Waals surface area contributed by atoms with Crippen LogP contribution in [0.4, 0.5) is 0 Å². The zero-order valence-electron chi connectivity index (χ0n) is 21.8. The molecule has 0 amide bonds. The minimum absolute atomic E-state index is 0.00878. The zero-order chi connectivity index (χ0) is 24.5. The molecule has 2 fully saturated rings. The van der Waals surface area contributed by atoms with Crippen LogP contribution in [0.3, 0.4) is 0 Å². The van der Waals surface area contributed by atoms with Crippen molar-refractivity contribution in [3.8, 4) is 17.2 Å². The molecule has 1 saturated carbocycles. The molecule has 35 heavy (non-hydrogen) atoms. The van der Waals surface area contributed by atoms with E-state index >= 15 is 0 Å². The summed E-state index contributed by atoms with van der Waals surface area (Å²) in [6.45, 7) is 5.41. The van der Waals surface area contributed by atoms with Gasteiger partial charge in [0.2, 0.25) is 0 Å². The van der Waals surface area contributed by atoms with Crippen molar-refractivity contribution in [1.82, 2.24) is 0 Å². The van der Waals surface area contributed by atoms with Gasteiger partial charge in [0.05, 0.1) is 24.3 Å². The third kappa shape index (κ3) is 7.18. The van der Waals surface area contributed by atoms with Crippen molar-refractivity contribution in [2.75, 3.05) is 6.61 Å². The molecule has 0 spiro atoms. The van der Waals surface area contributed by atoms with E-state index in [9.17, 15) is 0 Å². The summed E-state index contributed by atoms with van der Waals surface area (Å²) in [5.74, 6) is 1.72. The van der Waals surface area contributed by atoms with E-state index in [4.69, 9.17) is 14.7 Å². The summed E-state index contributed by atoms with van der Waals surface area (Å²) in [6.07, 6.45) is 14.4. The first kappa shape index (κ1) is 25.9. The van der Waals surface area contributed by atoms with Crippen molar-refractivity contribution in [2.45, 2.75) is 103 Å². The summed E-state index contributed by atoms with van der Waals surface area (Å²) < 4.78 is 12.7. The normalized spacial score (nSPS) is 26.8. The molecule has 2 aliphatic rings. The molecule has 2 aromatic rings. The highest BCUT2D eigenvalue weighted by Gasteiger charge is 2.35. The van der Waals surface area contributed by atoms with Gasteiger partial charge in [0.15, 0.2) is 6.29 Å². The van der Waals surface area contributed by atoms with Gasteiger partial charge in [0, 0.05) is 11.8 Å². The highest BCUT2D eigenvalue weighted by Crippen LogP contribution is 2.40. The number of benzene rings is 2. The molecular formula is C32H43NO2. The smallest absolute Gasteiger partial charge is 0.160 e. The average molecular weight is 474 g/mol. The van der Waals surface area contributed by atoms with Crippen molar-refractivity contribution in [1.29, 1.82) is 5.26 Å². The lowest BCUT2D eigenvalue weighted by molar-refractivity contribution is -0.257. The highest BCUT2D eigenvalue weighted by molar-refractivity contribution is 5.64.